The van der Waals surface area contributed by atoms with Gasteiger partial charge in [-0.05, 0) is 35.8 Å². The number of fused-ring (bicyclic) bond motifs is 1. The number of carboxylic acids is 1. The number of likely N-dealkylation sites (tertiary alicyclic amines) is 1. The van der Waals surface area contributed by atoms with Gasteiger partial charge in [0.05, 0.1) is 5.56 Å². The van der Waals surface area contributed by atoms with Gasteiger partial charge in [-0.3, -0.25) is 4.79 Å². The summed E-state index contributed by atoms with van der Waals surface area (Å²) in [6.07, 6.45) is -0.402. The molecule has 4 rings (SSSR count). The van der Waals surface area contributed by atoms with E-state index in [4.69, 9.17) is 9.90 Å². The number of piperidine rings is 1. The zero-order valence-electron chi connectivity index (χ0n) is 15.2. The van der Waals surface area contributed by atoms with Crippen LogP contribution in [0, 0.1) is 11.8 Å². The Morgan fingerprint density at radius 2 is 1.79 bits per heavy atom. The molecule has 0 aliphatic carbocycles. The Morgan fingerprint density at radius 1 is 1.14 bits per heavy atom. The number of anilines is 1. The maximum Gasteiger partial charge on any atom is 0.490 e. The monoisotopic (exact) mass is 428 g/mol. The predicted octanol–water partition coefficient (Wildman–Crippen LogP) is 2.77. The smallest absolute Gasteiger partial charge is 0.475 e. The molecule has 0 spiro atoms. The average molecular weight is 428 g/mol. The van der Waals surface area contributed by atoms with Crippen LogP contribution in [0.25, 0.3) is 0 Å². The third-order valence-electron chi connectivity index (χ3n) is 4.93. The van der Waals surface area contributed by atoms with Crippen LogP contribution in [0.3, 0.4) is 0 Å². The van der Waals surface area contributed by atoms with E-state index in [-0.39, 0.29) is 5.91 Å². The summed E-state index contributed by atoms with van der Waals surface area (Å²) in [7, 11) is 0. The fraction of sp³-hybridized carbons (Fsp3) is 0.444. The highest BCUT2D eigenvalue weighted by molar-refractivity contribution is 7.08. The van der Waals surface area contributed by atoms with Crippen molar-refractivity contribution in [1.29, 1.82) is 0 Å². The Morgan fingerprint density at radius 3 is 2.38 bits per heavy atom. The van der Waals surface area contributed by atoms with E-state index in [0.29, 0.717) is 11.8 Å². The lowest BCUT2D eigenvalue weighted by Gasteiger charge is -2.34. The maximum atomic E-state index is 12.5. The number of halogens is 3. The molecular weight excluding hydrogens is 409 g/mol. The first-order chi connectivity index (χ1) is 13.8. The molecule has 4 heterocycles. The molecular formula is C18H19F3N4O3S. The van der Waals surface area contributed by atoms with Crippen molar-refractivity contribution < 1.29 is 27.9 Å². The highest BCUT2D eigenvalue weighted by Crippen LogP contribution is 2.33. The minimum Gasteiger partial charge on any atom is -0.475 e. The Balaban J connectivity index is 0.000000298. The number of nitrogens with zero attached hydrogens (tertiary/aromatic N) is 4. The second-order valence-corrected chi connectivity index (χ2v) is 7.61. The molecule has 0 unspecified atom stereocenters. The second kappa shape index (κ2) is 8.76. The van der Waals surface area contributed by atoms with Gasteiger partial charge in [0.15, 0.2) is 0 Å². The van der Waals surface area contributed by atoms with Gasteiger partial charge in [-0.25, -0.2) is 14.8 Å². The van der Waals surface area contributed by atoms with Crippen LogP contribution in [0.5, 0.6) is 0 Å². The van der Waals surface area contributed by atoms with Gasteiger partial charge in [0.1, 0.15) is 0 Å². The Labute approximate surface area is 168 Å². The number of hydrogen-bond donors (Lipinski definition) is 1. The number of hydrogen-bond acceptors (Lipinski definition) is 6. The van der Waals surface area contributed by atoms with E-state index in [2.05, 4.69) is 14.9 Å². The molecule has 29 heavy (non-hydrogen) atoms. The lowest BCUT2D eigenvalue weighted by atomic mass is 9.89. The summed E-state index contributed by atoms with van der Waals surface area (Å²) in [6, 6.07) is 3.76. The van der Waals surface area contributed by atoms with Crippen molar-refractivity contribution >= 4 is 29.2 Å². The molecule has 1 N–H and O–H groups in total. The first-order valence-electron chi connectivity index (χ1n) is 8.89. The number of aliphatic carboxylic acids is 1. The molecule has 2 aromatic heterocycles. The van der Waals surface area contributed by atoms with Crippen molar-refractivity contribution in [3.05, 3.63) is 40.8 Å². The normalized spacial score (nSPS) is 21.2. The first kappa shape index (κ1) is 21.0. The van der Waals surface area contributed by atoms with Crippen molar-refractivity contribution in [2.24, 2.45) is 11.8 Å². The highest BCUT2D eigenvalue weighted by atomic mass is 32.1. The molecule has 2 aromatic rings. The molecule has 1 amide bonds. The molecule has 11 heteroatoms. The van der Waals surface area contributed by atoms with Gasteiger partial charge in [-0.2, -0.15) is 24.5 Å². The van der Waals surface area contributed by atoms with Gasteiger partial charge < -0.3 is 14.9 Å². The summed E-state index contributed by atoms with van der Waals surface area (Å²) in [5.74, 6) is -0.628. The molecule has 0 saturated carbocycles. The highest BCUT2D eigenvalue weighted by Gasteiger charge is 2.40. The molecule has 0 aromatic carbocycles. The van der Waals surface area contributed by atoms with Crippen LogP contribution in [0.15, 0.2) is 35.3 Å². The molecule has 2 aliphatic rings. The molecule has 2 fully saturated rings. The van der Waals surface area contributed by atoms with Crippen molar-refractivity contribution in [3.63, 3.8) is 0 Å². The van der Waals surface area contributed by atoms with Crippen LogP contribution >= 0.6 is 11.3 Å². The fourth-order valence-corrected chi connectivity index (χ4v) is 4.17. The molecule has 7 nitrogen and oxygen atoms in total. The van der Waals surface area contributed by atoms with Gasteiger partial charge in [0, 0.05) is 44.0 Å². The predicted molar refractivity (Wildman–Crippen MR) is 99.8 cm³/mol. The number of carboxylic acid groups (broad SMARTS) is 1. The van der Waals surface area contributed by atoms with E-state index in [1.807, 2.05) is 27.8 Å². The van der Waals surface area contributed by atoms with Gasteiger partial charge in [0.2, 0.25) is 5.95 Å². The van der Waals surface area contributed by atoms with Gasteiger partial charge in [-0.15, -0.1) is 0 Å². The van der Waals surface area contributed by atoms with Gasteiger partial charge >= 0.3 is 12.1 Å². The minimum atomic E-state index is -5.08. The Bertz CT molecular complexity index is 833. The third kappa shape index (κ3) is 5.22. The molecule has 2 saturated heterocycles. The lowest BCUT2D eigenvalue weighted by molar-refractivity contribution is -0.192. The van der Waals surface area contributed by atoms with Crippen LogP contribution in [0.2, 0.25) is 0 Å². The quantitative estimate of drug-likeness (QED) is 0.792. The summed E-state index contributed by atoms with van der Waals surface area (Å²) in [6.45, 7) is 3.67. The summed E-state index contributed by atoms with van der Waals surface area (Å²) < 4.78 is 31.7. The van der Waals surface area contributed by atoms with Gasteiger partial charge in [0.25, 0.3) is 5.91 Å². The molecule has 0 radical (unpaired) electrons. The second-order valence-electron chi connectivity index (χ2n) is 6.83. The topological polar surface area (TPSA) is 86.6 Å². The van der Waals surface area contributed by atoms with E-state index in [1.54, 1.807) is 23.7 Å². The van der Waals surface area contributed by atoms with Crippen LogP contribution in [0.4, 0.5) is 19.1 Å². The van der Waals surface area contributed by atoms with E-state index < -0.39 is 12.1 Å². The number of amides is 1. The summed E-state index contributed by atoms with van der Waals surface area (Å²) in [5, 5.41) is 11.0. The summed E-state index contributed by atoms with van der Waals surface area (Å²) in [5.41, 5.74) is 0.826. The number of thiophene rings is 1. The maximum absolute atomic E-state index is 12.5. The Hall–Kier alpha value is -2.69. The van der Waals surface area contributed by atoms with Crippen molar-refractivity contribution in [1.82, 2.24) is 14.9 Å². The van der Waals surface area contributed by atoms with E-state index in [1.165, 1.54) is 0 Å². The number of alkyl halides is 3. The van der Waals surface area contributed by atoms with Crippen LogP contribution < -0.4 is 4.90 Å². The van der Waals surface area contributed by atoms with Crippen LogP contribution in [-0.2, 0) is 4.79 Å². The van der Waals surface area contributed by atoms with Gasteiger partial charge in [-0.1, -0.05) is 0 Å². The van der Waals surface area contributed by atoms with E-state index >= 15 is 0 Å². The molecule has 156 valence electrons. The van der Waals surface area contributed by atoms with Crippen LogP contribution in [-0.4, -0.2) is 64.2 Å². The SMILES string of the molecule is O=C(O)C(F)(F)F.O=C(c1ccsc1)N1C[C@@H]2CCN(c3ncccn3)C[C@@H]2C1. The average Bonchev–Trinajstić information content (AvgIpc) is 3.37. The number of carbonyl (C=O) groups is 2. The third-order valence-corrected chi connectivity index (χ3v) is 5.62. The lowest BCUT2D eigenvalue weighted by Crippen LogP contribution is -2.40. The molecule has 0 bridgehead atoms. The van der Waals surface area contributed by atoms with Crippen molar-refractivity contribution in [2.75, 3.05) is 31.1 Å². The minimum absolute atomic E-state index is 0.179. The zero-order valence-corrected chi connectivity index (χ0v) is 16.1. The first-order valence-corrected chi connectivity index (χ1v) is 9.83. The molecule has 2 aliphatic heterocycles. The largest absolute Gasteiger partial charge is 0.490 e. The number of carbonyl (C=O) groups excluding carboxylic acids is 1. The summed E-state index contributed by atoms with van der Waals surface area (Å²) >= 11 is 1.58. The van der Waals surface area contributed by atoms with Crippen molar-refractivity contribution in [3.8, 4) is 0 Å². The number of rotatable bonds is 2. The summed E-state index contributed by atoms with van der Waals surface area (Å²) in [4.78, 5) is 34.4. The Kier molecular flexibility index (Phi) is 6.36. The fourth-order valence-electron chi connectivity index (χ4n) is 3.54. The van der Waals surface area contributed by atoms with E-state index in [0.717, 1.165) is 44.1 Å². The molecule has 2 atom stereocenters. The standard InChI is InChI=1S/C16H18N4OS.C2HF3O2/c21-15(13-3-7-22-11-13)20-8-12-2-6-19(9-14(12)10-20)16-17-4-1-5-18-16;3-2(4,5)1(6)7/h1,3-5,7,11-12,14H,2,6,8-10H2;(H,6,7)/t12-,14+;/m0./s1. The van der Waals surface area contributed by atoms with E-state index in [9.17, 15) is 18.0 Å². The van der Waals surface area contributed by atoms with Crippen molar-refractivity contribution in [2.45, 2.75) is 12.6 Å². The van der Waals surface area contributed by atoms with Crippen LogP contribution in [0.1, 0.15) is 16.8 Å². The zero-order chi connectivity index (χ0) is 21.0. The number of aromatic nitrogens is 2.